The van der Waals surface area contributed by atoms with Crippen molar-refractivity contribution < 1.29 is 14.0 Å². The molecule has 8 nitrogen and oxygen atoms in total. The molecule has 2 aromatic heterocycles. The van der Waals surface area contributed by atoms with Gasteiger partial charge in [0.05, 0.1) is 6.26 Å². The van der Waals surface area contributed by atoms with Crippen LogP contribution in [0.5, 0.6) is 0 Å². The number of carbonyl (C=O) groups is 2. The fraction of sp³-hybridized carbons (Fsp3) is 0.522. The first kappa shape index (κ1) is 20.1. The number of carbonyl (C=O) groups excluding carboxylic acids is 2. The highest BCUT2D eigenvalue weighted by Crippen LogP contribution is 2.37. The Balaban J connectivity index is 1.31. The highest BCUT2D eigenvalue weighted by atomic mass is 16.3. The minimum Gasteiger partial charge on any atom is -0.459 e. The van der Waals surface area contributed by atoms with E-state index in [1.165, 1.54) is 6.26 Å². The van der Waals surface area contributed by atoms with Crippen LogP contribution in [-0.4, -0.2) is 58.4 Å². The molecule has 0 aliphatic carbocycles. The minimum atomic E-state index is -0.415. The second-order valence-corrected chi connectivity index (χ2v) is 9.01. The number of nitrogens with zero attached hydrogens (tertiary/aromatic N) is 3. The lowest BCUT2D eigenvalue weighted by atomic mass is 9.82. The van der Waals surface area contributed by atoms with Crippen molar-refractivity contribution >= 4 is 17.5 Å². The summed E-state index contributed by atoms with van der Waals surface area (Å²) in [4.78, 5) is 41.5. The number of amides is 2. The van der Waals surface area contributed by atoms with Crippen LogP contribution in [0.25, 0.3) is 0 Å². The summed E-state index contributed by atoms with van der Waals surface area (Å²) in [6.07, 6.45) is 4.57. The SMILES string of the molecule is CC(=O)N1CCC(N2CC3CC(C2)c2ccc(NC(=O)c4ccco4)c(=O)n2C3)CC1. The average Bonchev–Trinajstić information content (AvgIpc) is 3.31. The van der Waals surface area contributed by atoms with Gasteiger partial charge in [0.25, 0.3) is 11.5 Å². The van der Waals surface area contributed by atoms with Crippen molar-refractivity contribution in [2.45, 2.75) is 44.7 Å². The number of pyridine rings is 1. The molecule has 2 unspecified atom stereocenters. The second kappa shape index (κ2) is 8.00. The van der Waals surface area contributed by atoms with Gasteiger partial charge in [-0.2, -0.15) is 0 Å². The van der Waals surface area contributed by atoms with Crippen LogP contribution in [-0.2, 0) is 11.3 Å². The van der Waals surface area contributed by atoms with E-state index in [1.807, 2.05) is 15.5 Å². The van der Waals surface area contributed by atoms with Gasteiger partial charge >= 0.3 is 0 Å². The van der Waals surface area contributed by atoms with E-state index in [0.29, 0.717) is 30.1 Å². The molecule has 3 aliphatic rings. The van der Waals surface area contributed by atoms with Gasteiger partial charge in [-0.25, -0.2) is 0 Å². The first-order valence-corrected chi connectivity index (χ1v) is 11.1. The summed E-state index contributed by atoms with van der Waals surface area (Å²) in [5, 5.41) is 2.69. The van der Waals surface area contributed by atoms with Crippen LogP contribution in [0.4, 0.5) is 5.69 Å². The molecule has 2 bridgehead atoms. The van der Waals surface area contributed by atoms with E-state index < -0.39 is 5.91 Å². The number of fused-ring (bicyclic) bond motifs is 4. The summed E-state index contributed by atoms with van der Waals surface area (Å²) in [6, 6.07) is 7.43. The number of likely N-dealkylation sites (tertiary alicyclic amines) is 2. The molecule has 5 rings (SSSR count). The maximum absolute atomic E-state index is 13.1. The number of hydrogen-bond donors (Lipinski definition) is 1. The molecule has 5 heterocycles. The Kier molecular flexibility index (Phi) is 5.17. The number of anilines is 1. The summed E-state index contributed by atoms with van der Waals surface area (Å²) in [6.45, 7) is 5.92. The van der Waals surface area contributed by atoms with E-state index in [4.69, 9.17) is 4.42 Å². The molecule has 2 fully saturated rings. The second-order valence-electron chi connectivity index (χ2n) is 9.01. The van der Waals surface area contributed by atoms with Gasteiger partial charge in [0, 0.05) is 57.3 Å². The molecular weight excluding hydrogens is 396 g/mol. The quantitative estimate of drug-likeness (QED) is 0.816. The third kappa shape index (κ3) is 3.80. The Hall–Kier alpha value is -2.87. The molecule has 31 heavy (non-hydrogen) atoms. The van der Waals surface area contributed by atoms with Crippen LogP contribution in [0, 0.1) is 5.92 Å². The number of hydrogen-bond acceptors (Lipinski definition) is 5. The van der Waals surface area contributed by atoms with Crippen LogP contribution in [0.2, 0.25) is 0 Å². The van der Waals surface area contributed by atoms with Gasteiger partial charge in [-0.3, -0.25) is 19.3 Å². The van der Waals surface area contributed by atoms with Gasteiger partial charge in [0.1, 0.15) is 5.69 Å². The molecule has 2 atom stereocenters. The maximum atomic E-state index is 13.1. The van der Waals surface area contributed by atoms with Crippen molar-refractivity contribution in [2.75, 3.05) is 31.5 Å². The zero-order valence-corrected chi connectivity index (χ0v) is 17.8. The van der Waals surface area contributed by atoms with E-state index >= 15 is 0 Å². The van der Waals surface area contributed by atoms with E-state index in [0.717, 1.165) is 51.1 Å². The van der Waals surface area contributed by atoms with E-state index in [2.05, 4.69) is 10.2 Å². The van der Waals surface area contributed by atoms with Gasteiger partial charge in [0.2, 0.25) is 5.91 Å². The predicted molar refractivity (Wildman–Crippen MR) is 115 cm³/mol. The van der Waals surface area contributed by atoms with Gasteiger partial charge < -0.3 is 19.2 Å². The molecule has 8 heteroatoms. The van der Waals surface area contributed by atoms with Gasteiger partial charge in [-0.1, -0.05) is 0 Å². The Morgan fingerprint density at radius 3 is 2.61 bits per heavy atom. The molecule has 2 amide bonds. The third-order valence-corrected chi connectivity index (χ3v) is 7.05. The van der Waals surface area contributed by atoms with Gasteiger partial charge in [-0.05, 0) is 49.4 Å². The lowest BCUT2D eigenvalue weighted by molar-refractivity contribution is -0.130. The third-order valence-electron chi connectivity index (χ3n) is 7.05. The largest absolute Gasteiger partial charge is 0.459 e. The van der Waals surface area contributed by atoms with Crippen LogP contribution in [0.3, 0.4) is 0 Å². The highest BCUT2D eigenvalue weighted by Gasteiger charge is 2.38. The van der Waals surface area contributed by atoms with Crippen molar-refractivity contribution in [1.82, 2.24) is 14.4 Å². The summed E-state index contributed by atoms with van der Waals surface area (Å²) < 4.78 is 6.98. The molecule has 0 saturated carbocycles. The van der Waals surface area contributed by atoms with E-state index in [1.54, 1.807) is 25.1 Å². The topological polar surface area (TPSA) is 87.8 Å². The van der Waals surface area contributed by atoms with Gasteiger partial charge in [0.15, 0.2) is 5.76 Å². The number of rotatable bonds is 3. The number of piperidine rings is 2. The summed E-state index contributed by atoms with van der Waals surface area (Å²) in [5.74, 6) is 0.677. The normalized spacial score (nSPS) is 24.0. The lowest BCUT2D eigenvalue weighted by Crippen LogP contribution is -2.53. The number of furan rings is 1. The fourth-order valence-corrected chi connectivity index (χ4v) is 5.51. The molecule has 164 valence electrons. The molecule has 0 radical (unpaired) electrons. The molecule has 0 aromatic carbocycles. The zero-order valence-electron chi connectivity index (χ0n) is 17.8. The molecule has 2 saturated heterocycles. The number of aromatic nitrogens is 1. The molecular formula is C23H28N4O4. The summed E-state index contributed by atoms with van der Waals surface area (Å²) in [7, 11) is 0. The molecule has 3 aliphatic heterocycles. The van der Waals surface area contributed by atoms with E-state index in [-0.39, 0.29) is 17.2 Å². The predicted octanol–water partition coefficient (Wildman–Crippen LogP) is 2.12. The summed E-state index contributed by atoms with van der Waals surface area (Å²) >= 11 is 0. The maximum Gasteiger partial charge on any atom is 0.291 e. The van der Waals surface area contributed by atoms with Crippen molar-refractivity contribution in [2.24, 2.45) is 5.92 Å². The van der Waals surface area contributed by atoms with Crippen molar-refractivity contribution in [3.63, 3.8) is 0 Å². The van der Waals surface area contributed by atoms with Crippen LogP contribution in [0.15, 0.2) is 39.7 Å². The highest BCUT2D eigenvalue weighted by molar-refractivity contribution is 6.02. The average molecular weight is 425 g/mol. The van der Waals surface area contributed by atoms with Crippen LogP contribution in [0.1, 0.15) is 48.4 Å². The Morgan fingerprint density at radius 2 is 1.90 bits per heavy atom. The van der Waals surface area contributed by atoms with Crippen molar-refractivity contribution in [3.05, 3.63) is 52.3 Å². The standard InChI is InChI=1S/C23H28N4O4/c1-15(28)25-8-6-18(7-9-25)26-12-16-11-17(14-26)20-5-4-19(23(30)27(20)13-16)24-22(29)21-3-2-10-31-21/h2-5,10,16-18H,6-9,11-14H2,1H3,(H,24,29). The lowest BCUT2D eigenvalue weighted by Gasteiger charge is -2.47. The molecule has 1 N–H and O–H groups in total. The van der Waals surface area contributed by atoms with Crippen molar-refractivity contribution in [1.29, 1.82) is 0 Å². The minimum absolute atomic E-state index is 0.143. The van der Waals surface area contributed by atoms with Crippen LogP contribution >= 0.6 is 0 Å². The van der Waals surface area contributed by atoms with Gasteiger partial charge in [-0.15, -0.1) is 0 Å². The zero-order chi connectivity index (χ0) is 21.5. The van der Waals surface area contributed by atoms with Crippen LogP contribution < -0.4 is 10.9 Å². The Morgan fingerprint density at radius 1 is 1.10 bits per heavy atom. The Bertz CT molecular complexity index is 1040. The number of nitrogens with one attached hydrogen (secondary N) is 1. The Labute approximate surface area is 180 Å². The first-order valence-electron chi connectivity index (χ1n) is 11.1. The summed E-state index contributed by atoms with van der Waals surface area (Å²) in [5.41, 5.74) is 1.21. The monoisotopic (exact) mass is 424 g/mol. The first-order chi connectivity index (χ1) is 15.0. The smallest absolute Gasteiger partial charge is 0.291 e. The molecule has 0 spiro atoms. The van der Waals surface area contributed by atoms with Crippen molar-refractivity contribution in [3.8, 4) is 0 Å². The fourth-order valence-electron chi connectivity index (χ4n) is 5.51. The molecule has 2 aromatic rings. The van der Waals surface area contributed by atoms with E-state index in [9.17, 15) is 14.4 Å².